The molecule has 0 atom stereocenters. The van der Waals surface area contributed by atoms with E-state index in [9.17, 15) is 14.4 Å². The molecular formula is C25H24ClN3O5. The van der Waals surface area contributed by atoms with Gasteiger partial charge in [0.2, 0.25) is 0 Å². The molecule has 0 unspecified atom stereocenters. The Kier molecular flexibility index (Phi) is 6.61. The van der Waals surface area contributed by atoms with Crippen molar-refractivity contribution in [2.24, 2.45) is 14.1 Å². The summed E-state index contributed by atoms with van der Waals surface area (Å²) in [7, 11) is 3.03. The Morgan fingerprint density at radius 3 is 2.35 bits per heavy atom. The summed E-state index contributed by atoms with van der Waals surface area (Å²) in [5, 5.41) is 0.417. The maximum atomic E-state index is 13.1. The molecule has 8 nitrogen and oxygen atoms in total. The first-order valence-electron chi connectivity index (χ1n) is 10.7. The molecule has 0 aliphatic rings. The van der Waals surface area contributed by atoms with E-state index in [2.05, 4.69) is 0 Å². The second-order valence-corrected chi connectivity index (χ2v) is 8.20. The van der Waals surface area contributed by atoms with Crippen LogP contribution in [0, 0.1) is 0 Å². The van der Waals surface area contributed by atoms with Crippen LogP contribution in [0.1, 0.15) is 28.5 Å². The molecule has 0 radical (unpaired) electrons. The zero-order valence-corrected chi connectivity index (χ0v) is 19.8. The van der Waals surface area contributed by atoms with E-state index in [0.717, 1.165) is 4.57 Å². The number of carbonyl (C=O) groups is 1. The molecule has 0 bridgehead atoms. The van der Waals surface area contributed by atoms with Gasteiger partial charge in [-0.1, -0.05) is 35.9 Å². The van der Waals surface area contributed by atoms with E-state index >= 15 is 0 Å². The third-order valence-corrected chi connectivity index (χ3v) is 5.95. The predicted octanol–water partition coefficient (Wildman–Crippen LogP) is 3.65. The monoisotopic (exact) mass is 481 g/mol. The van der Waals surface area contributed by atoms with Crippen LogP contribution in [0.3, 0.4) is 0 Å². The number of para-hydroxylation sites is 1. The van der Waals surface area contributed by atoms with Crippen LogP contribution in [0.15, 0.2) is 64.2 Å². The van der Waals surface area contributed by atoms with Gasteiger partial charge >= 0.3 is 11.7 Å². The van der Waals surface area contributed by atoms with Gasteiger partial charge in [-0.2, -0.15) is 0 Å². The summed E-state index contributed by atoms with van der Waals surface area (Å²) in [5.74, 6) is 0.0859. The highest BCUT2D eigenvalue weighted by molar-refractivity contribution is 6.30. The van der Waals surface area contributed by atoms with Crippen molar-refractivity contribution in [2.45, 2.75) is 26.7 Å². The van der Waals surface area contributed by atoms with Crippen LogP contribution in [0.4, 0.5) is 0 Å². The molecule has 0 N–H and O–H groups in total. The fourth-order valence-electron chi connectivity index (χ4n) is 4.02. The van der Waals surface area contributed by atoms with Crippen LogP contribution in [-0.2, 0) is 38.6 Å². The van der Waals surface area contributed by atoms with Crippen molar-refractivity contribution in [3.8, 4) is 5.75 Å². The highest BCUT2D eigenvalue weighted by Gasteiger charge is 2.24. The number of esters is 1. The predicted molar refractivity (Wildman–Crippen MR) is 129 cm³/mol. The summed E-state index contributed by atoms with van der Waals surface area (Å²) in [5.41, 5.74) is 1.38. The third kappa shape index (κ3) is 4.24. The van der Waals surface area contributed by atoms with Gasteiger partial charge in [-0.05, 0) is 37.3 Å². The number of ether oxygens (including phenoxy) is 2. The van der Waals surface area contributed by atoms with Crippen LogP contribution >= 0.6 is 11.6 Å². The van der Waals surface area contributed by atoms with Gasteiger partial charge in [-0.3, -0.25) is 13.9 Å². The van der Waals surface area contributed by atoms with Gasteiger partial charge in [-0.15, -0.1) is 0 Å². The Balaban J connectivity index is 1.82. The molecule has 2 aromatic heterocycles. The fraction of sp³-hybridized carbons (Fsp3) is 0.240. The largest absolute Gasteiger partial charge is 0.487 e. The molecule has 0 aliphatic carbocycles. The summed E-state index contributed by atoms with van der Waals surface area (Å²) in [6, 6.07) is 15.7. The zero-order valence-electron chi connectivity index (χ0n) is 19.1. The van der Waals surface area contributed by atoms with Crippen LogP contribution in [0.25, 0.3) is 11.0 Å². The molecule has 9 heteroatoms. The number of nitrogens with zero attached hydrogens (tertiary/aromatic N) is 3. The molecule has 0 fully saturated rings. The molecule has 4 rings (SSSR count). The fourth-order valence-corrected chi connectivity index (χ4v) is 4.21. The van der Waals surface area contributed by atoms with E-state index in [-0.39, 0.29) is 13.2 Å². The second kappa shape index (κ2) is 9.61. The minimum Gasteiger partial charge on any atom is -0.487 e. The molecule has 0 saturated heterocycles. The highest BCUT2D eigenvalue weighted by Crippen LogP contribution is 2.26. The standard InChI is InChI=1S/C25H24ClN3O5/c1-4-29-20(15-33-18-11-6-5-7-12-18)19(14-34-24(31)16-9-8-10-17(26)13-16)21-22(29)23(30)28(3)25(32)27(21)2/h5-13H,4,14-15H2,1-3H3. The number of fused-ring (bicyclic) bond motifs is 1. The van der Waals surface area contributed by atoms with Gasteiger partial charge in [0, 0.05) is 31.2 Å². The normalized spacial score (nSPS) is 11.1. The van der Waals surface area contributed by atoms with E-state index in [1.807, 2.05) is 41.8 Å². The summed E-state index contributed by atoms with van der Waals surface area (Å²) < 4.78 is 15.9. The van der Waals surface area contributed by atoms with E-state index in [0.29, 0.717) is 45.2 Å². The van der Waals surface area contributed by atoms with Gasteiger partial charge in [0.15, 0.2) is 0 Å². The minimum atomic E-state index is -0.566. The summed E-state index contributed by atoms with van der Waals surface area (Å²) >= 11 is 6.00. The maximum absolute atomic E-state index is 13.1. The number of benzene rings is 2. The van der Waals surface area contributed by atoms with E-state index in [1.165, 1.54) is 17.7 Å². The van der Waals surface area contributed by atoms with Gasteiger partial charge in [-0.25, -0.2) is 9.59 Å². The molecule has 0 spiro atoms. The topological polar surface area (TPSA) is 84.5 Å². The number of hydrogen-bond donors (Lipinski definition) is 0. The summed E-state index contributed by atoms with van der Waals surface area (Å²) in [6.45, 7) is 2.33. The number of halogens is 1. The first-order valence-corrected chi connectivity index (χ1v) is 11.1. The van der Waals surface area contributed by atoms with Crippen molar-refractivity contribution < 1.29 is 14.3 Å². The quantitative estimate of drug-likeness (QED) is 0.376. The molecule has 0 aliphatic heterocycles. The lowest BCUT2D eigenvalue weighted by Gasteiger charge is -2.12. The van der Waals surface area contributed by atoms with E-state index < -0.39 is 17.2 Å². The number of carbonyl (C=O) groups excluding carboxylic acids is 1. The van der Waals surface area contributed by atoms with Crippen molar-refractivity contribution in [1.29, 1.82) is 0 Å². The van der Waals surface area contributed by atoms with Crippen molar-refractivity contribution in [2.75, 3.05) is 0 Å². The smallest absolute Gasteiger partial charge is 0.338 e. The lowest BCUT2D eigenvalue weighted by molar-refractivity contribution is 0.0471. The number of aromatic nitrogens is 3. The Morgan fingerprint density at radius 1 is 0.941 bits per heavy atom. The van der Waals surface area contributed by atoms with Crippen LogP contribution in [0.2, 0.25) is 5.02 Å². The molecule has 2 heterocycles. The molecule has 0 saturated carbocycles. The molecule has 34 heavy (non-hydrogen) atoms. The zero-order chi connectivity index (χ0) is 24.4. The molecule has 176 valence electrons. The van der Waals surface area contributed by atoms with Crippen molar-refractivity contribution >= 4 is 28.6 Å². The average molecular weight is 482 g/mol. The summed E-state index contributed by atoms with van der Waals surface area (Å²) in [4.78, 5) is 38.5. The van der Waals surface area contributed by atoms with Gasteiger partial charge in [0.05, 0.1) is 16.8 Å². The molecular weight excluding hydrogens is 458 g/mol. The molecule has 0 amide bonds. The van der Waals surface area contributed by atoms with E-state index in [1.54, 1.807) is 25.2 Å². The Morgan fingerprint density at radius 2 is 1.68 bits per heavy atom. The number of rotatable bonds is 7. The number of hydrogen-bond acceptors (Lipinski definition) is 5. The Hall–Kier alpha value is -3.78. The SMILES string of the molecule is CCn1c(COc2ccccc2)c(COC(=O)c2cccc(Cl)c2)c2c1c(=O)n(C)c(=O)n2C. The van der Waals surface area contributed by atoms with E-state index in [4.69, 9.17) is 21.1 Å². The lowest BCUT2D eigenvalue weighted by atomic mass is 10.2. The highest BCUT2D eigenvalue weighted by atomic mass is 35.5. The van der Waals surface area contributed by atoms with Gasteiger partial charge in [0.1, 0.15) is 24.5 Å². The average Bonchev–Trinajstić information content (AvgIpc) is 3.17. The first kappa shape index (κ1) is 23.4. The molecule has 2 aromatic carbocycles. The van der Waals surface area contributed by atoms with Crippen molar-refractivity contribution in [3.63, 3.8) is 0 Å². The Bertz CT molecular complexity index is 1480. The Labute approximate surface area is 200 Å². The first-order chi connectivity index (χ1) is 16.3. The maximum Gasteiger partial charge on any atom is 0.338 e. The third-order valence-electron chi connectivity index (χ3n) is 5.71. The minimum absolute atomic E-state index is 0.119. The molecule has 4 aromatic rings. The number of aryl methyl sites for hydroxylation is 2. The van der Waals surface area contributed by atoms with Gasteiger partial charge < -0.3 is 14.0 Å². The van der Waals surface area contributed by atoms with Crippen LogP contribution in [0.5, 0.6) is 5.75 Å². The van der Waals surface area contributed by atoms with Crippen molar-refractivity contribution in [3.05, 3.63) is 97.3 Å². The lowest BCUT2D eigenvalue weighted by Crippen LogP contribution is -2.37. The second-order valence-electron chi connectivity index (χ2n) is 7.76. The van der Waals surface area contributed by atoms with Crippen molar-refractivity contribution in [1.82, 2.24) is 13.7 Å². The van der Waals surface area contributed by atoms with Crippen LogP contribution < -0.4 is 16.0 Å². The van der Waals surface area contributed by atoms with Crippen LogP contribution in [-0.4, -0.2) is 19.7 Å². The van der Waals surface area contributed by atoms with Gasteiger partial charge in [0.25, 0.3) is 5.56 Å². The summed E-state index contributed by atoms with van der Waals surface area (Å²) in [6.07, 6.45) is 0.